The smallest absolute Gasteiger partial charge is 0.411 e. The number of methoxy groups -OCH3 is 1. The van der Waals surface area contributed by atoms with Gasteiger partial charge in [-0.25, -0.2) is 13.9 Å². The first kappa shape index (κ1) is 27.1. The van der Waals surface area contributed by atoms with Crippen molar-refractivity contribution in [2.75, 3.05) is 24.3 Å². The maximum atomic E-state index is 14.5. The van der Waals surface area contributed by atoms with Gasteiger partial charge in [0.2, 0.25) is 0 Å². The monoisotopic (exact) mass is 562 g/mol. The van der Waals surface area contributed by atoms with Gasteiger partial charge < -0.3 is 15.4 Å². The number of carbonyl (C=O) groups excluding carboxylic acids is 2. The van der Waals surface area contributed by atoms with Crippen molar-refractivity contribution in [1.29, 1.82) is 0 Å². The molecule has 2 aromatic heterocycles. The summed E-state index contributed by atoms with van der Waals surface area (Å²) in [6.45, 7) is 0.753. The average Bonchev–Trinajstić information content (AvgIpc) is 3.45. The second kappa shape index (κ2) is 12.2. The first-order valence-electron chi connectivity index (χ1n) is 12.9. The van der Waals surface area contributed by atoms with Crippen molar-refractivity contribution in [3.05, 3.63) is 89.2 Å². The molecule has 0 saturated heterocycles. The Bertz CT molecular complexity index is 1540. The van der Waals surface area contributed by atoms with Gasteiger partial charge in [-0.2, -0.15) is 5.10 Å². The van der Waals surface area contributed by atoms with Crippen LogP contribution in [0.4, 0.5) is 20.6 Å². The lowest BCUT2D eigenvalue weighted by molar-refractivity contribution is 0.0933. The number of hydrogen-bond donors (Lipinski definition) is 3. The Balaban J connectivity index is 1.41. The SMILES string of the molecule is COC(=O)Nc1ccc2c(c1)NCCCCC[C@H](NC(=O)c1cnn(-c3cccc(Cl)c3F)c1)c1cc-2ccn1. The van der Waals surface area contributed by atoms with Gasteiger partial charge in [0.15, 0.2) is 5.82 Å². The minimum Gasteiger partial charge on any atom is -0.453 e. The Labute approximate surface area is 235 Å². The van der Waals surface area contributed by atoms with Gasteiger partial charge >= 0.3 is 6.09 Å². The van der Waals surface area contributed by atoms with Crippen molar-refractivity contribution in [2.45, 2.75) is 31.7 Å². The first-order chi connectivity index (χ1) is 19.4. The Morgan fingerprint density at radius 3 is 2.88 bits per heavy atom. The number of anilines is 2. The number of pyridine rings is 1. The summed E-state index contributed by atoms with van der Waals surface area (Å²) in [5.41, 5.74) is 4.51. The van der Waals surface area contributed by atoms with E-state index in [1.54, 1.807) is 18.3 Å². The highest BCUT2D eigenvalue weighted by atomic mass is 35.5. The molecule has 9 nitrogen and oxygen atoms in total. The summed E-state index contributed by atoms with van der Waals surface area (Å²) >= 11 is 5.91. The van der Waals surface area contributed by atoms with Crippen LogP contribution in [0.15, 0.2) is 67.1 Å². The van der Waals surface area contributed by atoms with Gasteiger partial charge in [-0.05, 0) is 54.8 Å². The van der Waals surface area contributed by atoms with Crippen LogP contribution in [-0.2, 0) is 4.74 Å². The third-order valence-electron chi connectivity index (χ3n) is 6.71. The molecule has 40 heavy (non-hydrogen) atoms. The van der Waals surface area contributed by atoms with E-state index in [2.05, 4.69) is 26.0 Å². The number of hydrogen-bond acceptors (Lipinski definition) is 6. The van der Waals surface area contributed by atoms with Crippen LogP contribution in [0.1, 0.15) is 47.8 Å². The van der Waals surface area contributed by atoms with Gasteiger partial charge in [0.05, 0.1) is 35.6 Å². The van der Waals surface area contributed by atoms with Crippen molar-refractivity contribution < 1.29 is 18.7 Å². The summed E-state index contributed by atoms with van der Waals surface area (Å²) in [6.07, 6.45) is 7.51. The first-order valence-corrected chi connectivity index (χ1v) is 13.3. The summed E-state index contributed by atoms with van der Waals surface area (Å²) in [7, 11) is 1.32. The molecule has 0 aliphatic carbocycles. The highest BCUT2D eigenvalue weighted by Gasteiger charge is 2.21. The van der Waals surface area contributed by atoms with E-state index in [0.717, 1.165) is 48.3 Å². The molecule has 3 N–H and O–H groups in total. The van der Waals surface area contributed by atoms with E-state index < -0.39 is 11.9 Å². The van der Waals surface area contributed by atoms with Crippen LogP contribution in [0.5, 0.6) is 0 Å². The quantitative estimate of drug-likeness (QED) is 0.267. The lowest BCUT2D eigenvalue weighted by atomic mass is 9.98. The summed E-state index contributed by atoms with van der Waals surface area (Å²) in [5.74, 6) is -0.943. The van der Waals surface area contributed by atoms with Gasteiger partial charge in [0, 0.05) is 35.9 Å². The largest absolute Gasteiger partial charge is 0.453 e. The number of rotatable bonds is 4. The van der Waals surface area contributed by atoms with Gasteiger partial charge in [0.25, 0.3) is 5.91 Å². The van der Waals surface area contributed by atoms with E-state index >= 15 is 0 Å². The van der Waals surface area contributed by atoms with Crippen LogP contribution in [0.25, 0.3) is 16.8 Å². The van der Waals surface area contributed by atoms with Crippen LogP contribution in [-0.4, -0.2) is 40.4 Å². The van der Waals surface area contributed by atoms with E-state index in [1.165, 1.54) is 30.3 Å². The van der Waals surface area contributed by atoms with Gasteiger partial charge in [-0.1, -0.05) is 36.6 Å². The van der Waals surface area contributed by atoms with E-state index in [4.69, 9.17) is 16.3 Å². The molecular formula is C29H28ClFN6O3. The maximum absolute atomic E-state index is 14.5. The summed E-state index contributed by atoms with van der Waals surface area (Å²) < 4.78 is 20.5. The number of amides is 2. The van der Waals surface area contributed by atoms with Crippen molar-refractivity contribution in [2.24, 2.45) is 0 Å². The molecule has 1 aliphatic heterocycles. The molecule has 2 bridgehead atoms. The predicted octanol–water partition coefficient (Wildman–Crippen LogP) is 6.36. The molecule has 0 radical (unpaired) electrons. The average molecular weight is 563 g/mol. The second-order valence-electron chi connectivity index (χ2n) is 9.40. The zero-order valence-electron chi connectivity index (χ0n) is 21.8. The minimum atomic E-state index is -0.609. The Kier molecular flexibility index (Phi) is 8.26. The fraction of sp³-hybridized carbons (Fsp3) is 0.241. The number of nitrogens with one attached hydrogen (secondary N) is 3. The number of ether oxygens (including phenoxy) is 1. The number of nitrogens with zero attached hydrogens (tertiary/aromatic N) is 3. The molecule has 4 aromatic rings. The normalized spacial score (nSPS) is 15.0. The molecular weight excluding hydrogens is 535 g/mol. The highest BCUT2D eigenvalue weighted by molar-refractivity contribution is 6.30. The molecule has 206 valence electrons. The van der Waals surface area contributed by atoms with E-state index in [-0.39, 0.29) is 22.7 Å². The van der Waals surface area contributed by atoms with E-state index in [1.807, 2.05) is 30.3 Å². The van der Waals surface area contributed by atoms with Crippen LogP contribution >= 0.6 is 11.6 Å². The van der Waals surface area contributed by atoms with Crippen molar-refractivity contribution in [3.63, 3.8) is 0 Å². The van der Waals surface area contributed by atoms with Crippen molar-refractivity contribution >= 4 is 35.0 Å². The fourth-order valence-electron chi connectivity index (χ4n) is 4.65. The predicted molar refractivity (Wildman–Crippen MR) is 151 cm³/mol. The zero-order valence-corrected chi connectivity index (χ0v) is 22.5. The number of aromatic nitrogens is 3. The molecule has 0 saturated carbocycles. The number of halogens is 2. The summed E-state index contributed by atoms with van der Waals surface area (Å²) in [4.78, 5) is 29.6. The van der Waals surface area contributed by atoms with Crippen molar-refractivity contribution in [1.82, 2.24) is 20.1 Å². The molecule has 2 amide bonds. The fourth-order valence-corrected chi connectivity index (χ4v) is 4.81. The molecule has 0 unspecified atom stereocenters. The van der Waals surface area contributed by atoms with Crippen LogP contribution in [0.2, 0.25) is 5.02 Å². The third kappa shape index (κ3) is 6.07. The van der Waals surface area contributed by atoms with Gasteiger partial charge in [-0.15, -0.1) is 0 Å². The molecule has 0 fully saturated rings. The highest BCUT2D eigenvalue weighted by Crippen LogP contribution is 2.33. The van der Waals surface area contributed by atoms with Crippen molar-refractivity contribution in [3.8, 4) is 16.8 Å². The standard InChI is InChI=1S/C29H28ClFN6O3/c1-40-29(39)35-20-9-10-21-18-11-13-33-25(14-18)23(7-3-2-4-12-32-24(21)15-20)36-28(38)19-16-34-37(17-19)26-8-5-6-22(30)27(26)31/h5-6,8-11,13-17,23,32H,2-4,7,12H2,1H3,(H,35,39)(H,36,38)/t23-/m0/s1. The molecule has 1 aliphatic rings. The Morgan fingerprint density at radius 2 is 2.02 bits per heavy atom. The molecule has 0 spiro atoms. The topological polar surface area (TPSA) is 110 Å². The Morgan fingerprint density at radius 1 is 1.15 bits per heavy atom. The number of benzene rings is 2. The van der Waals surface area contributed by atoms with Gasteiger partial charge in [-0.3, -0.25) is 15.1 Å². The molecule has 2 aromatic carbocycles. The molecule has 1 atom stereocenters. The lowest BCUT2D eigenvalue weighted by Gasteiger charge is -2.21. The molecule has 3 heterocycles. The summed E-state index contributed by atoms with van der Waals surface area (Å²) in [5, 5.41) is 13.4. The Hall–Kier alpha value is -4.44. The summed E-state index contributed by atoms with van der Waals surface area (Å²) in [6, 6.07) is 13.8. The lowest BCUT2D eigenvalue weighted by Crippen LogP contribution is -2.29. The number of carbonyl (C=O) groups is 2. The van der Waals surface area contributed by atoms with Crippen LogP contribution < -0.4 is 16.0 Å². The maximum Gasteiger partial charge on any atom is 0.411 e. The van der Waals surface area contributed by atoms with Crippen LogP contribution in [0, 0.1) is 5.82 Å². The zero-order chi connectivity index (χ0) is 28.1. The van der Waals surface area contributed by atoms with E-state index in [0.29, 0.717) is 17.7 Å². The second-order valence-corrected chi connectivity index (χ2v) is 9.80. The molecule has 11 heteroatoms. The third-order valence-corrected chi connectivity index (χ3v) is 7.01. The van der Waals surface area contributed by atoms with Gasteiger partial charge in [0.1, 0.15) is 5.69 Å². The molecule has 5 rings (SSSR count). The number of fused-ring (bicyclic) bond motifs is 4. The van der Waals surface area contributed by atoms with E-state index in [9.17, 15) is 14.0 Å². The minimum absolute atomic E-state index is 0.0223. The van der Waals surface area contributed by atoms with Crippen LogP contribution in [0.3, 0.4) is 0 Å².